The molecular formula is C15H26N2O2S. The van der Waals surface area contributed by atoms with Crippen molar-refractivity contribution >= 4 is 10.0 Å². The molecule has 0 amide bonds. The summed E-state index contributed by atoms with van der Waals surface area (Å²) in [5.74, 6) is 0.309. The van der Waals surface area contributed by atoms with Gasteiger partial charge in [0.2, 0.25) is 10.0 Å². The molecule has 0 fully saturated rings. The highest BCUT2D eigenvalue weighted by Crippen LogP contribution is 2.21. The van der Waals surface area contributed by atoms with E-state index in [4.69, 9.17) is 0 Å². The second kappa shape index (κ2) is 7.20. The first-order chi connectivity index (χ1) is 9.32. The predicted molar refractivity (Wildman–Crippen MR) is 83.2 cm³/mol. The first kappa shape index (κ1) is 17.1. The summed E-state index contributed by atoms with van der Waals surface area (Å²) in [4.78, 5) is 0.375. The van der Waals surface area contributed by atoms with E-state index in [0.717, 1.165) is 5.56 Å². The van der Waals surface area contributed by atoms with Crippen LogP contribution < -0.4 is 5.32 Å². The highest BCUT2D eigenvalue weighted by atomic mass is 32.2. The lowest BCUT2D eigenvalue weighted by molar-refractivity contribution is 0.381. The van der Waals surface area contributed by atoms with Crippen molar-refractivity contribution in [3.8, 4) is 0 Å². The molecule has 4 nitrogen and oxygen atoms in total. The van der Waals surface area contributed by atoms with Crippen molar-refractivity contribution in [1.82, 2.24) is 9.62 Å². The van der Waals surface area contributed by atoms with Crippen LogP contribution in [-0.2, 0) is 10.0 Å². The van der Waals surface area contributed by atoms with E-state index in [1.807, 2.05) is 40.8 Å². The zero-order chi connectivity index (χ0) is 15.3. The van der Waals surface area contributed by atoms with E-state index >= 15 is 0 Å². The third-order valence-corrected chi connectivity index (χ3v) is 5.29. The third kappa shape index (κ3) is 4.04. The van der Waals surface area contributed by atoms with Crippen LogP contribution in [0.2, 0.25) is 0 Å². The Labute approximate surface area is 123 Å². The Balaban J connectivity index is 3.14. The van der Waals surface area contributed by atoms with Crippen LogP contribution in [0.1, 0.15) is 39.3 Å². The summed E-state index contributed by atoms with van der Waals surface area (Å²) in [7, 11) is -1.54. The van der Waals surface area contributed by atoms with Gasteiger partial charge in [-0.15, -0.1) is 0 Å². The van der Waals surface area contributed by atoms with Crippen molar-refractivity contribution in [2.24, 2.45) is 5.92 Å². The molecule has 1 unspecified atom stereocenters. The topological polar surface area (TPSA) is 49.4 Å². The number of nitrogens with zero attached hydrogens (tertiary/aromatic N) is 1. The van der Waals surface area contributed by atoms with Gasteiger partial charge in [-0.3, -0.25) is 0 Å². The average molecular weight is 298 g/mol. The first-order valence-corrected chi connectivity index (χ1v) is 8.54. The van der Waals surface area contributed by atoms with Gasteiger partial charge in [0, 0.05) is 19.1 Å². The van der Waals surface area contributed by atoms with Gasteiger partial charge in [0.05, 0.1) is 4.90 Å². The van der Waals surface area contributed by atoms with Crippen LogP contribution in [0.4, 0.5) is 0 Å². The second-order valence-electron chi connectivity index (χ2n) is 5.43. The number of rotatable bonds is 7. The maximum Gasteiger partial charge on any atom is 0.243 e. The highest BCUT2D eigenvalue weighted by molar-refractivity contribution is 7.89. The molecule has 0 radical (unpaired) electrons. The molecule has 20 heavy (non-hydrogen) atoms. The van der Waals surface area contributed by atoms with E-state index in [9.17, 15) is 8.42 Å². The van der Waals surface area contributed by atoms with Gasteiger partial charge < -0.3 is 5.32 Å². The molecule has 5 heteroatoms. The molecule has 0 aliphatic rings. The molecule has 0 aromatic heterocycles. The zero-order valence-electron chi connectivity index (χ0n) is 13.1. The standard InChI is InChI=1S/C15H26N2O2S/c1-6-17(11-12(2)3)20(18,19)15-9-7-8-14(10-15)13(4)16-5/h7-10,12-13,16H,6,11H2,1-5H3. The summed E-state index contributed by atoms with van der Waals surface area (Å²) in [6.45, 7) is 8.98. The van der Waals surface area contributed by atoms with Crippen LogP contribution in [0.5, 0.6) is 0 Å². The van der Waals surface area contributed by atoms with Crippen LogP contribution >= 0.6 is 0 Å². The van der Waals surface area contributed by atoms with Crippen molar-refractivity contribution in [2.45, 2.75) is 38.6 Å². The number of sulfonamides is 1. The van der Waals surface area contributed by atoms with Crippen LogP contribution in [0, 0.1) is 5.92 Å². The van der Waals surface area contributed by atoms with Gasteiger partial charge >= 0.3 is 0 Å². The van der Waals surface area contributed by atoms with Crippen molar-refractivity contribution in [2.75, 3.05) is 20.1 Å². The highest BCUT2D eigenvalue weighted by Gasteiger charge is 2.24. The lowest BCUT2D eigenvalue weighted by Crippen LogP contribution is -2.34. The molecule has 1 aromatic carbocycles. The quantitative estimate of drug-likeness (QED) is 0.842. The van der Waals surface area contributed by atoms with Gasteiger partial charge in [0.25, 0.3) is 0 Å². The van der Waals surface area contributed by atoms with E-state index in [2.05, 4.69) is 5.32 Å². The average Bonchev–Trinajstić information content (AvgIpc) is 2.43. The minimum Gasteiger partial charge on any atom is -0.313 e. The summed E-state index contributed by atoms with van der Waals surface area (Å²) < 4.78 is 26.9. The van der Waals surface area contributed by atoms with E-state index in [1.165, 1.54) is 0 Å². The van der Waals surface area contributed by atoms with E-state index in [-0.39, 0.29) is 6.04 Å². The smallest absolute Gasteiger partial charge is 0.243 e. The maximum absolute atomic E-state index is 12.7. The Morgan fingerprint density at radius 2 is 1.90 bits per heavy atom. The Bertz CT molecular complexity index is 526. The van der Waals surface area contributed by atoms with E-state index < -0.39 is 10.0 Å². The molecule has 1 aromatic rings. The third-order valence-electron chi connectivity index (χ3n) is 3.35. The van der Waals surface area contributed by atoms with Gasteiger partial charge in [0.1, 0.15) is 0 Å². The maximum atomic E-state index is 12.7. The van der Waals surface area contributed by atoms with Gasteiger partial charge in [-0.2, -0.15) is 4.31 Å². The zero-order valence-corrected chi connectivity index (χ0v) is 13.9. The Hall–Kier alpha value is -0.910. The minimum absolute atomic E-state index is 0.130. The number of nitrogens with one attached hydrogen (secondary N) is 1. The molecule has 114 valence electrons. The molecule has 0 aliphatic carbocycles. The lowest BCUT2D eigenvalue weighted by atomic mass is 10.1. The summed E-state index contributed by atoms with van der Waals surface area (Å²) in [5, 5.41) is 3.13. The van der Waals surface area contributed by atoms with Crippen LogP contribution in [0.3, 0.4) is 0 Å². The molecular weight excluding hydrogens is 272 g/mol. The van der Waals surface area contributed by atoms with Gasteiger partial charge in [-0.25, -0.2) is 8.42 Å². The number of hydrogen-bond donors (Lipinski definition) is 1. The van der Waals surface area contributed by atoms with E-state index in [1.54, 1.807) is 22.5 Å². The molecule has 0 saturated carbocycles. The molecule has 1 N–H and O–H groups in total. The molecule has 1 atom stereocenters. The predicted octanol–water partition coefficient (Wildman–Crippen LogP) is 2.63. The Morgan fingerprint density at radius 3 is 2.40 bits per heavy atom. The fourth-order valence-electron chi connectivity index (χ4n) is 2.06. The number of hydrogen-bond acceptors (Lipinski definition) is 3. The normalized spacial score (nSPS) is 13.9. The summed E-state index contributed by atoms with van der Waals surface area (Å²) in [5.41, 5.74) is 0.981. The summed E-state index contributed by atoms with van der Waals surface area (Å²) in [6.07, 6.45) is 0. The number of benzene rings is 1. The first-order valence-electron chi connectivity index (χ1n) is 7.10. The fraction of sp³-hybridized carbons (Fsp3) is 0.600. The monoisotopic (exact) mass is 298 g/mol. The Kier molecular flexibility index (Phi) is 6.17. The fourth-order valence-corrected chi connectivity index (χ4v) is 3.73. The second-order valence-corrected chi connectivity index (χ2v) is 7.37. The van der Waals surface area contributed by atoms with Gasteiger partial charge in [-0.05, 0) is 37.6 Å². The summed E-state index contributed by atoms with van der Waals surface area (Å²) in [6, 6.07) is 7.31. The van der Waals surface area contributed by atoms with Crippen LogP contribution in [0.15, 0.2) is 29.2 Å². The molecule has 0 saturated heterocycles. The van der Waals surface area contributed by atoms with Gasteiger partial charge in [-0.1, -0.05) is 32.9 Å². The van der Waals surface area contributed by atoms with Gasteiger partial charge in [0.15, 0.2) is 0 Å². The van der Waals surface area contributed by atoms with Crippen molar-refractivity contribution in [3.05, 3.63) is 29.8 Å². The van der Waals surface area contributed by atoms with E-state index in [0.29, 0.717) is 23.9 Å². The minimum atomic E-state index is -3.40. The molecule has 0 aliphatic heterocycles. The van der Waals surface area contributed by atoms with Crippen molar-refractivity contribution in [3.63, 3.8) is 0 Å². The summed E-state index contributed by atoms with van der Waals surface area (Å²) >= 11 is 0. The van der Waals surface area contributed by atoms with Crippen LogP contribution in [-0.4, -0.2) is 32.9 Å². The Morgan fingerprint density at radius 1 is 1.25 bits per heavy atom. The molecule has 0 bridgehead atoms. The van der Waals surface area contributed by atoms with Crippen molar-refractivity contribution in [1.29, 1.82) is 0 Å². The largest absolute Gasteiger partial charge is 0.313 e. The van der Waals surface area contributed by atoms with Crippen molar-refractivity contribution < 1.29 is 8.42 Å². The van der Waals surface area contributed by atoms with Crippen LogP contribution in [0.25, 0.3) is 0 Å². The molecule has 0 heterocycles. The SMILES string of the molecule is CCN(CC(C)C)S(=O)(=O)c1cccc(C(C)NC)c1. The lowest BCUT2D eigenvalue weighted by Gasteiger charge is -2.23. The molecule has 1 rings (SSSR count). The molecule has 0 spiro atoms.